The van der Waals surface area contributed by atoms with E-state index >= 15 is 0 Å². The van der Waals surface area contributed by atoms with Crippen molar-refractivity contribution in [2.75, 3.05) is 26.2 Å². The van der Waals surface area contributed by atoms with E-state index in [0.717, 1.165) is 0 Å². The Labute approximate surface area is 341 Å². The third kappa shape index (κ3) is 12.4. The van der Waals surface area contributed by atoms with Gasteiger partial charge in [0.05, 0.1) is 23.3 Å². The predicted molar refractivity (Wildman–Crippen MR) is 198 cm³/mol. The van der Waals surface area contributed by atoms with Gasteiger partial charge in [0.15, 0.2) is 23.0 Å². The summed E-state index contributed by atoms with van der Waals surface area (Å²) < 4.78 is 79.4. The topological polar surface area (TPSA) is 216 Å². The maximum atomic E-state index is 13.3. The van der Waals surface area contributed by atoms with E-state index in [-0.39, 0.29) is 66.1 Å². The molecule has 0 aliphatic carbocycles. The summed E-state index contributed by atoms with van der Waals surface area (Å²) >= 11 is 5.16. The Kier molecular flexibility index (Phi) is 13.4. The molecule has 3 amide bonds. The van der Waals surface area contributed by atoms with Crippen molar-refractivity contribution in [1.82, 2.24) is 15.1 Å². The second-order valence-electron chi connectivity index (χ2n) is 15.7. The molecule has 4 heterocycles. The zero-order valence-corrected chi connectivity index (χ0v) is 33.7. The highest BCUT2D eigenvalue weighted by Gasteiger charge is 2.47. The van der Waals surface area contributed by atoms with Gasteiger partial charge in [-0.25, -0.2) is 9.59 Å². The van der Waals surface area contributed by atoms with Gasteiger partial charge in [0.1, 0.15) is 22.3 Å². The Hall–Kier alpha value is -5.73. The second-order valence-corrected chi connectivity index (χ2v) is 16.1. The molecule has 0 saturated carbocycles. The van der Waals surface area contributed by atoms with Crippen LogP contribution in [0.2, 0.25) is 0 Å². The monoisotopic (exact) mass is 854 g/mol. The lowest BCUT2D eigenvalue weighted by Gasteiger charge is -2.38. The van der Waals surface area contributed by atoms with Crippen LogP contribution in [0.5, 0.6) is 23.0 Å². The van der Waals surface area contributed by atoms with Gasteiger partial charge in [-0.2, -0.15) is 10.5 Å². The fraction of sp³-hybridized carbons (Fsp3) is 0.526. The number of nitriles is 2. The third-order valence-corrected chi connectivity index (χ3v) is 8.88. The standard InChI is InChI=1S/C19H21F2N3O5.C11H19N3O2.C8H3ClF2O3/c1-17(2,3)29-16(26)24-9-7-18(11-22,8-10-24)23-15(25)12-5-4-6-13-14(12)28-19(20,21)27-13;1-10(2,3)16-9(15)14-6-4-11(13,8-12)5-7-14;9-7(12)4-2-1-3-5-6(4)14-8(10,11)13-5/h4-6H,7-10H2,1-3H3,(H,23,25);4-7,13H2,1-3H3;1-3H. The van der Waals surface area contributed by atoms with E-state index in [0.29, 0.717) is 25.9 Å². The molecule has 4 aliphatic heterocycles. The molecule has 4 aliphatic rings. The van der Waals surface area contributed by atoms with E-state index in [1.165, 1.54) is 41.3 Å². The first-order chi connectivity index (χ1) is 27.2. The van der Waals surface area contributed by atoms with Gasteiger partial charge in [0.2, 0.25) is 0 Å². The van der Waals surface area contributed by atoms with Crippen molar-refractivity contribution in [2.45, 2.75) is 102 Å². The van der Waals surface area contributed by atoms with Crippen LogP contribution >= 0.6 is 11.6 Å². The molecule has 3 N–H and O–H groups in total. The number of piperidine rings is 2. The highest BCUT2D eigenvalue weighted by molar-refractivity contribution is 6.68. The lowest BCUT2D eigenvalue weighted by atomic mass is 9.88. The maximum Gasteiger partial charge on any atom is 0.586 e. The summed E-state index contributed by atoms with van der Waals surface area (Å²) in [6, 6.07) is 12.0. The first-order valence-corrected chi connectivity index (χ1v) is 18.4. The molecule has 21 heteroatoms. The normalized spacial score (nSPS) is 18.9. The first kappa shape index (κ1) is 46.0. The number of amides is 3. The van der Waals surface area contributed by atoms with Crippen LogP contribution in [0.15, 0.2) is 36.4 Å². The van der Waals surface area contributed by atoms with Crippen LogP contribution < -0.4 is 30.0 Å². The highest BCUT2D eigenvalue weighted by atomic mass is 35.5. The van der Waals surface area contributed by atoms with Crippen LogP contribution in [0.25, 0.3) is 0 Å². The Morgan fingerprint density at radius 1 is 0.712 bits per heavy atom. The molecule has 0 spiro atoms. The number of likely N-dealkylation sites (tertiary alicyclic amines) is 2. The molecule has 0 unspecified atom stereocenters. The van der Waals surface area contributed by atoms with Crippen molar-refractivity contribution in [3.05, 3.63) is 47.5 Å². The molecule has 0 aromatic heterocycles. The van der Waals surface area contributed by atoms with Gasteiger partial charge in [-0.15, -0.1) is 17.6 Å². The van der Waals surface area contributed by atoms with Crippen LogP contribution in [0.4, 0.5) is 27.2 Å². The number of halogens is 5. The SMILES string of the molecule is CC(C)(C)OC(=O)N1CCC(C#N)(NC(=O)c2cccc3c2OC(F)(F)O3)CC1.CC(C)(C)OC(=O)N1CCC(N)(C#N)CC1.O=C(Cl)c1cccc2c1OC(F)(F)O2. The average molecular weight is 855 g/mol. The number of alkyl halides is 4. The number of carbonyl (C=O) groups is 4. The predicted octanol–water partition coefficient (Wildman–Crippen LogP) is 6.66. The molecule has 6 rings (SSSR count). The Balaban J connectivity index is 0.000000216. The molecular formula is C38H43ClF4N6O10. The van der Waals surface area contributed by atoms with Crippen molar-refractivity contribution < 1.29 is 65.2 Å². The molecule has 0 atom stereocenters. The van der Waals surface area contributed by atoms with E-state index in [1.807, 2.05) is 20.8 Å². The molecule has 2 aromatic rings. The van der Waals surface area contributed by atoms with Crippen LogP contribution in [0.3, 0.4) is 0 Å². The largest absolute Gasteiger partial charge is 0.586 e. The molecule has 0 radical (unpaired) electrons. The van der Waals surface area contributed by atoms with Gasteiger partial charge in [-0.1, -0.05) is 12.1 Å². The molecule has 59 heavy (non-hydrogen) atoms. The van der Waals surface area contributed by atoms with E-state index in [2.05, 4.69) is 36.4 Å². The van der Waals surface area contributed by atoms with Crippen LogP contribution in [0.1, 0.15) is 87.9 Å². The van der Waals surface area contributed by atoms with Gasteiger partial charge >= 0.3 is 24.8 Å². The van der Waals surface area contributed by atoms with E-state index < -0.39 is 52.1 Å². The Morgan fingerprint density at radius 2 is 1.12 bits per heavy atom. The number of para-hydroxylation sites is 2. The molecule has 16 nitrogen and oxygen atoms in total. The minimum absolute atomic E-state index is 0.138. The van der Waals surface area contributed by atoms with Crippen molar-refractivity contribution in [1.29, 1.82) is 10.5 Å². The number of carbonyl (C=O) groups excluding carboxylic acids is 4. The average Bonchev–Trinajstić information content (AvgIpc) is 3.63. The van der Waals surface area contributed by atoms with Crippen molar-refractivity contribution in [3.63, 3.8) is 0 Å². The van der Waals surface area contributed by atoms with Gasteiger partial charge in [0, 0.05) is 39.0 Å². The van der Waals surface area contributed by atoms with E-state index in [1.54, 1.807) is 25.7 Å². The summed E-state index contributed by atoms with van der Waals surface area (Å²) in [5, 5.41) is 20.2. The second kappa shape index (κ2) is 17.2. The quantitative estimate of drug-likeness (QED) is 0.244. The first-order valence-electron chi connectivity index (χ1n) is 18.1. The van der Waals surface area contributed by atoms with Crippen LogP contribution in [-0.4, -0.2) is 94.2 Å². The number of nitrogens with one attached hydrogen (secondary N) is 1. The fourth-order valence-corrected chi connectivity index (χ4v) is 5.89. The van der Waals surface area contributed by atoms with E-state index in [4.69, 9.17) is 32.1 Å². The summed E-state index contributed by atoms with van der Waals surface area (Å²) in [6.45, 7) is 12.1. The van der Waals surface area contributed by atoms with E-state index in [9.17, 15) is 42.0 Å². The van der Waals surface area contributed by atoms with Gasteiger partial charge in [0.25, 0.3) is 11.1 Å². The molecule has 2 aromatic carbocycles. The number of hydrogen-bond acceptors (Lipinski definition) is 13. The number of nitrogens with zero attached hydrogens (tertiary/aromatic N) is 4. The smallest absolute Gasteiger partial charge is 0.444 e. The van der Waals surface area contributed by atoms with Gasteiger partial charge in [-0.3, -0.25) is 9.59 Å². The summed E-state index contributed by atoms with van der Waals surface area (Å²) in [5.41, 5.74) is 2.35. The van der Waals surface area contributed by atoms with Gasteiger partial charge in [-0.05, 0) is 90.3 Å². The molecule has 320 valence electrons. The minimum atomic E-state index is -3.86. The lowest BCUT2D eigenvalue weighted by molar-refractivity contribution is -0.287. The van der Waals surface area contributed by atoms with Gasteiger partial charge < -0.3 is 49.3 Å². The summed E-state index contributed by atoms with van der Waals surface area (Å²) in [4.78, 5) is 50.4. The summed E-state index contributed by atoms with van der Waals surface area (Å²) in [7, 11) is 0. The zero-order chi connectivity index (χ0) is 44.2. The number of ether oxygens (including phenoxy) is 6. The summed E-state index contributed by atoms with van der Waals surface area (Å²) in [5.74, 6) is -1.89. The highest BCUT2D eigenvalue weighted by Crippen LogP contribution is 2.44. The van der Waals surface area contributed by atoms with Crippen molar-refractivity contribution >= 4 is 34.9 Å². The number of fused-ring (bicyclic) bond motifs is 2. The maximum absolute atomic E-state index is 13.3. The molecule has 2 fully saturated rings. The number of benzene rings is 2. The Bertz CT molecular complexity index is 2010. The number of rotatable bonds is 3. The summed E-state index contributed by atoms with van der Waals surface area (Å²) in [6.07, 6.45) is -7.08. The van der Waals surface area contributed by atoms with Crippen LogP contribution in [-0.2, 0) is 9.47 Å². The fourth-order valence-electron chi connectivity index (χ4n) is 5.75. The molecule has 2 saturated heterocycles. The van der Waals surface area contributed by atoms with Crippen molar-refractivity contribution in [3.8, 4) is 35.1 Å². The van der Waals surface area contributed by atoms with Crippen LogP contribution in [0, 0.1) is 22.7 Å². The molecule has 0 bridgehead atoms. The minimum Gasteiger partial charge on any atom is -0.444 e. The third-order valence-electron chi connectivity index (χ3n) is 8.68. The molecular weight excluding hydrogens is 812 g/mol. The number of hydrogen-bond donors (Lipinski definition) is 2. The van der Waals surface area contributed by atoms with Crippen molar-refractivity contribution in [2.24, 2.45) is 5.73 Å². The lowest BCUT2D eigenvalue weighted by Crippen LogP contribution is -2.55. The zero-order valence-electron chi connectivity index (χ0n) is 33.0. The Morgan fingerprint density at radius 3 is 1.51 bits per heavy atom. The number of nitrogens with two attached hydrogens (primary N) is 1.